The van der Waals surface area contributed by atoms with Gasteiger partial charge in [-0.1, -0.05) is 38.8 Å². The Labute approximate surface area is 170 Å². The normalized spacial score (nSPS) is 23.9. The fourth-order valence-corrected chi connectivity index (χ4v) is 4.04. The second-order valence-electron chi connectivity index (χ2n) is 7.58. The van der Waals surface area contributed by atoms with Gasteiger partial charge < -0.3 is 5.32 Å². The van der Waals surface area contributed by atoms with Gasteiger partial charge in [0.1, 0.15) is 0 Å². The van der Waals surface area contributed by atoms with Crippen LogP contribution in [-0.4, -0.2) is 40.3 Å². The number of imide groups is 1. The number of hydrogen-bond donors (Lipinski definition) is 3. The lowest BCUT2D eigenvalue weighted by atomic mass is 9.78. The molecular formula is C20H26N4O3S. The molecule has 0 unspecified atom stereocenters. The molecule has 0 radical (unpaired) electrons. The number of hydrazine groups is 1. The smallest absolute Gasteiger partial charge is 0.261 e. The molecule has 7 nitrogen and oxygen atoms in total. The minimum absolute atomic E-state index is 0.00204. The Morgan fingerprint density at radius 3 is 2.39 bits per heavy atom. The second kappa shape index (κ2) is 8.68. The molecule has 1 fully saturated rings. The van der Waals surface area contributed by atoms with Crippen LogP contribution < -0.4 is 16.2 Å². The molecule has 0 spiro atoms. The fraction of sp³-hybridized carbons (Fsp3) is 0.500. The predicted octanol–water partition coefficient (Wildman–Crippen LogP) is 1.99. The van der Waals surface area contributed by atoms with E-state index in [1.165, 1.54) is 12.8 Å². The summed E-state index contributed by atoms with van der Waals surface area (Å²) in [4.78, 5) is 37.8. The van der Waals surface area contributed by atoms with Crippen LogP contribution in [-0.2, 0) is 4.79 Å². The molecule has 3 N–H and O–H groups in total. The summed E-state index contributed by atoms with van der Waals surface area (Å²) in [5.41, 5.74) is 6.01. The highest BCUT2D eigenvalue weighted by Gasteiger charge is 2.35. The Morgan fingerprint density at radius 2 is 1.75 bits per heavy atom. The van der Waals surface area contributed by atoms with Crippen molar-refractivity contribution < 1.29 is 14.4 Å². The lowest BCUT2D eigenvalue weighted by Crippen LogP contribution is -2.52. The Morgan fingerprint density at radius 1 is 1.11 bits per heavy atom. The lowest BCUT2D eigenvalue weighted by molar-refractivity contribution is -0.121. The van der Waals surface area contributed by atoms with Crippen LogP contribution in [0.1, 0.15) is 60.2 Å². The van der Waals surface area contributed by atoms with Crippen LogP contribution in [0, 0.1) is 11.8 Å². The maximum absolute atomic E-state index is 12.3. The van der Waals surface area contributed by atoms with Gasteiger partial charge in [0.25, 0.3) is 11.8 Å². The molecule has 8 heteroatoms. The van der Waals surface area contributed by atoms with Crippen molar-refractivity contribution in [2.45, 2.75) is 45.6 Å². The van der Waals surface area contributed by atoms with Crippen LogP contribution in [0.3, 0.4) is 0 Å². The monoisotopic (exact) mass is 402 g/mol. The highest BCUT2D eigenvalue weighted by atomic mass is 32.1. The summed E-state index contributed by atoms with van der Waals surface area (Å²) in [5, 5.41) is 3.64. The number of rotatable bonds is 4. The maximum atomic E-state index is 12.3. The molecule has 1 heterocycles. The Hall–Kier alpha value is -2.48. The zero-order chi connectivity index (χ0) is 20.3. The van der Waals surface area contributed by atoms with Crippen molar-refractivity contribution in [1.29, 1.82) is 0 Å². The molecule has 3 rings (SSSR count). The number of nitrogens with zero attached hydrogens (tertiary/aromatic N) is 1. The second-order valence-corrected chi connectivity index (χ2v) is 7.99. The summed E-state index contributed by atoms with van der Waals surface area (Å²) in [6, 6.07) is 6.96. The number of carbonyl (C=O) groups is 3. The average Bonchev–Trinajstić information content (AvgIpc) is 2.93. The first kappa shape index (κ1) is 20.3. The van der Waals surface area contributed by atoms with Gasteiger partial charge in [-0.3, -0.25) is 30.1 Å². The molecule has 1 aliphatic carbocycles. The van der Waals surface area contributed by atoms with Gasteiger partial charge in [-0.05, 0) is 42.6 Å². The number of fused-ring (bicyclic) bond motifs is 1. The minimum atomic E-state index is -0.362. The van der Waals surface area contributed by atoms with E-state index in [4.69, 9.17) is 12.2 Å². The SMILES string of the molecule is C[C@@H]1[C@@H](C)CCC[C@H]1NC(=S)NNC(=O)CCN1C(=O)c2ccccc2C1=O. The average molecular weight is 403 g/mol. The van der Waals surface area contributed by atoms with E-state index >= 15 is 0 Å². The van der Waals surface area contributed by atoms with Crippen molar-refractivity contribution in [3.05, 3.63) is 35.4 Å². The molecule has 0 bridgehead atoms. The van der Waals surface area contributed by atoms with Crippen molar-refractivity contribution in [2.24, 2.45) is 11.8 Å². The summed E-state index contributed by atoms with van der Waals surface area (Å²) < 4.78 is 0. The first-order valence-corrected chi connectivity index (χ1v) is 10.1. The molecule has 0 aromatic heterocycles. The maximum Gasteiger partial charge on any atom is 0.261 e. The third-order valence-electron chi connectivity index (χ3n) is 5.78. The quantitative estimate of drug-likeness (QED) is 0.405. The van der Waals surface area contributed by atoms with Gasteiger partial charge >= 0.3 is 0 Å². The van der Waals surface area contributed by atoms with Crippen molar-refractivity contribution in [1.82, 2.24) is 21.1 Å². The molecule has 150 valence electrons. The number of thiocarbonyl (C=S) groups is 1. The van der Waals surface area contributed by atoms with Gasteiger partial charge in [-0.25, -0.2) is 0 Å². The number of benzene rings is 1. The molecule has 3 atom stereocenters. The van der Waals surface area contributed by atoms with Crippen LogP contribution in [0.5, 0.6) is 0 Å². The van der Waals surface area contributed by atoms with Crippen LogP contribution in [0.15, 0.2) is 24.3 Å². The van der Waals surface area contributed by atoms with E-state index in [-0.39, 0.29) is 30.7 Å². The van der Waals surface area contributed by atoms with Gasteiger partial charge in [-0.2, -0.15) is 0 Å². The molecule has 1 aliphatic heterocycles. The van der Waals surface area contributed by atoms with Crippen LogP contribution in [0.4, 0.5) is 0 Å². The van der Waals surface area contributed by atoms with E-state index in [9.17, 15) is 14.4 Å². The summed E-state index contributed by atoms with van der Waals surface area (Å²) in [5.74, 6) is 0.0880. The van der Waals surface area contributed by atoms with E-state index in [1.807, 2.05) is 0 Å². The zero-order valence-electron chi connectivity index (χ0n) is 16.2. The molecule has 1 aromatic rings. The number of carbonyl (C=O) groups excluding carboxylic acids is 3. The van der Waals surface area contributed by atoms with Crippen molar-refractivity contribution >= 4 is 35.1 Å². The summed E-state index contributed by atoms with van der Waals surface area (Å²) in [6.45, 7) is 4.48. The Balaban J connectivity index is 1.42. The fourth-order valence-electron chi connectivity index (χ4n) is 3.83. The molecule has 1 aromatic carbocycles. The van der Waals surface area contributed by atoms with Gasteiger partial charge in [0, 0.05) is 19.0 Å². The van der Waals surface area contributed by atoms with Gasteiger partial charge in [0.15, 0.2) is 5.11 Å². The molecule has 1 saturated carbocycles. The van der Waals surface area contributed by atoms with Gasteiger partial charge in [-0.15, -0.1) is 0 Å². The predicted molar refractivity (Wildman–Crippen MR) is 109 cm³/mol. The Kier molecular flexibility index (Phi) is 6.28. The third kappa shape index (κ3) is 4.32. The number of amides is 3. The van der Waals surface area contributed by atoms with E-state index in [0.717, 1.165) is 11.3 Å². The van der Waals surface area contributed by atoms with Crippen molar-refractivity contribution in [3.8, 4) is 0 Å². The molecule has 3 amide bonds. The van der Waals surface area contributed by atoms with Gasteiger partial charge in [0.2, 0.25) is 5.91 Å². The third-order valence-corrected chi connectivity index (χ3v) is 6.00. The molecule has 2 aliphatic rings. The first-order chi connectivity index (χ1) is 13.4. The first-order valence-electron chi connectivity index (χ1n) is 9.69. The Bertz CT molecular complexity index is 762. The lowest BCUT2D eigenvalue weighted by Gasteiger charge is -2.35. The van der Waals surface area contributed by atoms with E-state index in [0.29, 0.717) is 34.1 Å². The van der Waals surface area contributed by atoms with Crippen LogP contribution >= 0.6 is 12.2 Å². The van der Waals surface area contributed by atoms with Gasteiger partial charge in [0.05, 0.1) is 11.1 Å². The topological polar surface area (TPSA) is 90.5 Å². The standard InChI is InChI=1S/C20H26N4O3S/c1-12-6-5-9-16(13(12)2)21-20(28)23-22-17(25)10-11-24-18(26)14-7-3-4-8-15(14)19(24)27/h3-4,7-8,12-13,16H,5-6,9-11H2,1-2H3,(H,22,25)(H2,21,23,28)/t12-,13+,16+/m0/s1. The number of hydrogen-bond acceptors (Lipinski definition) is 4. The van der Waals surface area contributed by atoms with E-state index in [2.05, 4.69) is 30.0 Å². The zero-order valence-corrected chi connectivity index (χ0v) is 17.0. The highest BCUT2D eigenvalue weighted by Crippen LogP contribution is 2.29. The number of nitrogens with one attached hydrogen (secondary N) is 3. The van der Waals surface area contributed by atoms with Crippen molar-refractivity contribution in [2.75, 3.05) is 6.54 Å². The van der Waals surface area contributed by atoms with Crippen LogP contribution in [0.25, 0.3) is 0 Å². The van der Waals surface area contributed by atoms with Crippen molar-refractivity contribution in [3.63, 3.8) is 0 Å². The summed E-state index contributed by atoms with van der Waals surface area (Å²) in [7, 11) is 0. The highest BCUT2D eigenvalue weighted by molar-refractivity contribution is 7.80. The van der Waals surface area contributed by atoms with Crippen LogP contribution in [0.2, 0.25) is 0 Å². The molecule has 0 saturated heterocycles. The molecular weight excluding hydrogens is 376 g/mol. The van der Waals surface area contributed by atoms with E-state index in [1.54, 1.807) is 24.3 Å². The molecule has 28 heavy (non-hydrogen) atoms. The summed E-state index contributed by atoms with van der Waals surface area (Å²) in [6.07, 6.45) is 3.45. The summed E-state index contributed by atoms with van der Waals surface area (Å²) >= 11 is 5.27. The largest absolute Gasteiger partial charge is 0.358 e. The minimum Gasteiger partial charge on any atom is -0.358 e. The van der Waals surface area contributed by atoms with E-state index < -0.39 is 0 Å².